The first kappa shape index (κ1) is 7.72. The molecule has 1 heterocycles. The van der Waals surface area contributed by atoms with Gasteiger partial charge in [0.15, 0.2) is 0 Å². The summed E-state index contributed by atoms with van der Waals surface area (Å²) in [4.78, 5) is 1.96. The van der Waals surface area contributed by atoms with Crippen molar-refractivity contribution in [1.82, 2.24) is 4.90 Å². The number of aliphatic hydroxyl groups excluding tert-OH is 2. The van der Waals surface area contributed by atoms with Crippen molar-refractivity contribution in [3.8, 4) is 0 Å². The smallest absolute Gasteiger partial charge is 0.0938 e. The second-order valence-corrected chi connectivity index (χ2v) is 2.64. The first-order valence-electron chi connectivity index (χ1n) is 3.43. The Labute approximate surface area is 60.6 Å². The lowest BCUT2D eigenvalue weighted by molar-refractivity contribution is 0.0572. The van der Waals surface area contributed by atoms with Gasteiger partial charge in [0.05, 0.1) is 12.2 Å². The summed E-state index contributed by atoms with van der Waals surface area (Å²) >= 11 is 0. The fraction of sp³-hybridized carbons (Fsp3) is 0.714. The Morgan fingerprint density at radius 3 is 2.30 bits per heavy atom. The van der Waals surface area contributed by atoms with Crippen molar-refractivity contribution < 1.29 is 10.2 Å². The lowest BCUT2D eigenvalue weighted by atomic mass is 10.3. The molecule has 1 saturated heterocycles. The molecule has 3 nitrogen and oxygen atoms in total. The summed E-state index contributed by atoms with van der Waals surface area (Å²) in [7, 11) is 0. The largest absolute Gasteiger partial charge is 0.389 e. The topological polar surface area (TPSA) is 43.7 Å². The first-order chi connectivity index (χ1) is 4.74. The van der Waals surface area contributed by atoms with E-state index in [9.17, 15) is 0 Å². The molecular weight excluding hydrogens is 130 g/mol. The van der Waals surface area contributed by atoms with Crippen molar-refractivity contribution in [1.29, 1.82) is 0 Å². The van der Waals surface area contributed by atoms with Gasteiger partial charge in [0.1, 0.15) is 0 Å². The molecule has 0 aliphatic carbocycles. The molecule has 0 spiro atoms. The highest BCUT2D eigenvalue weighted by molar-refractivity contribution is 4.86. The highest BCUT2D eigenvalue weighted by Crippen LogP contribution is 2.08. The van der Waals surface area contributed by atoms with Crippen LogP contribution in [0.3, 0.4) is 0 Å². The van der Waals surface area contributed by atoms with E-state index >= 15 is 0 Å². The lowest BCUT2D eigenvalue weighted by Gasteiger charge is -2.09. The van der Waals surface area contributed by atoms with E-state index in [-0.39, 0.29) is 0 Å². The van der Waals surface area contributed by atoms with Gasteiger partial charge in [-0.05, 0) is 0 Å². The molecule has 58 valence electrons. The summed E-state index contributed by atoms with van der Waals surface area (Å²) in [5.74, 6) is 0. The fourth-order valence-electron chi connectivity index (χ4n) is 1.18. The van der Waals surface area contributed by atoms with Gasteiger partial charge in [-0.15, -0.1) is 6.58 Å². The van der Waals surface area contributed by atoms with Crippen LogP contribution in [0.5, 0.6) is 0 Å². The maximum absolute atomic E-state index is 9.07. The highest BCUT2D eigenvalue weighted by Gasteiger charge is 2.28. The molecule has 0 aromatic heterocycles. The maximum atomic E-state index is 9.07. The Bertz CT molecular complexity index is 117. The molecule has 10 heavy (non-hydrogen) atoms. The standard InChI is InChI=1S/C7H13NO2/c1-2-3-8-4-6(9)7(10)5-8/h2,6-7,9-10H,1,3-5H2/t6-,7+. The Morgan fingerprint density at radius 1 is 1.40 bits per heavy atom. The minimum Gasteiger partial charge on any atom is -0.389 e. The van der Waals surface area contributed by atoms with Crippen LogP contribution in [-0.4, -0.2) is 47.0 Å². The zero-order valence-corrected chi connectivity index (χ0v) is 5.90. The number of hydrogen-bond acceptors (Lipinski definition) is 3. The predicted octanol–water partition coefficient (Wildman–Crippen LogP) is -0.790. The molecule has 0 aromatic carbocycles. The number of aliphatic hydroxyl groups is 2. The highest BCUT2D eigenvalue weighted by atomic mass is 16.3. The SMILES string of the molecule is C=CCN1C[C@@H](O)[C@@H](O)C1. The summed E-state index contributed by atoms with van der Waals surface area (Å²) in [6.45, 7) is 5.44. The average Bonchev–Trinajstić information content (AvgIpc) is 2.14. The van der Waals surface area contributed by atoms with E-state index in [2.05, 4.69) is 6.58 Å². The zero-order chi connectivity index (χ0) is 7.56. The van der Waals surface area contributed by atoms with Crippen molar-refractivity contribution in [2.45, 2.75) is 12.2 Å². The van der Waals surface area contributed by atoms with Crippen molar-refractivity contribution in [3.63, 3.8) is 0 Å². The molecule has 1 rings (SSSR count). The summed E-state index contributed by atoms with van der Waals surface area (Å²) in [6.07, 6.45) is 0.630. The number of rotatable bonds is 2. The van der Waals surface area contributed by atoms with Gasteiger partial charge in [-0.25, -0.2) is 0 Å². The van der Waals surface area contributed by atoms with Crippen LogP contribution in [0.4, 0.5) is 0 Å². The number of β-amino-alcohol motifs (C(OH)–C–C–N with tert-alkyl or cyclic N) is 2. The minimum absolute atomic E-state index is 0.563. The van der Waals surface area contributed by atoms with Gasteiger partial charge in [0.25, 0.3) is 0 Å². The quantitative estimate of drug-likeness (QED) is 0.498. The van der Waals surface area contributed by atoms with Gasteiger partial charge >= 0.3 is 0 Å². The summed E-state index contributed by atoms with van der Waals surface area (Å²) in [5, 5.41) is 18.1. The van der Waals surface area contributed by atoms with Crippen molar-refractivity contribution in [2.75, 3.05) is 19.6 Å². The molecule has 2 atom stereocenters. The van der Waals surface area contributed by atoms with Crippen LogP contribution in [0.15, 0.2) is 12.7 Å². The van der Waals surface area contributed by atoms with E-state index in [0.717, 1.165) is 6.54 Å². The third-order valence-corrected chi connectivity index (χ3v) is 1.72. The van der Waals surface area contributed by atoms with E-state index in [4.69, 9.17) is 10.2 Å². The third kappa shape index (κ3) is 1.56. The summed E-state index contributed by atoms with van der Waals surface area (Å²) in [6, 6.07) is 0. The molecule has 2 N–H and O–H groups in total. The van der Waals surface area contributed by atoms with Gasteiger partial charge in [-0.2, -0.15) is 0 Å². The van der Waals surface area contributed by atoms with E-state index in [1.165, 1.54) is 0 Å². The summed E-state index contributed by atoms with van der Waals surface area (Å²) < 4.78 is 0. The number of nitrogens with zero attached hydrogens (tertiary/aromatic N) is 1. The molecule has 0 aromatic rings. The molecule has 0 saturated carbocycles. The minimum atomic E-state index is -0.569. The number of hydrogen-bond donors (Lipinski definition) is 2. The van der Waals surface area contributed by atoms with Gasteiger partial charge in [-0.3, -0.25) is 4.90 Å². The fourth-order valence-corrected chi connectivity index (χ4v) is 1.18. The zero-order valence-electron chi connectivity index (χ0n) is 5.90. The lowest BCUT2D eigenvalue weighted by Crippen LogP contribution is -2.22. The average molecular weight is 143 g/mol. The molecule has 1 aliphatic heterocycles. The summed E-state index contributed by atoms with van der Waals surface area (Å²) in [5.41, 5.74) is 0. The van der Waals surface area contributed by atoms with Gasteiger partial charge < -0.3 is 10.2 Å². The second kappa shape index (κ2) is 3.14. The van der Waals surface area contributed by atoms with Crippen molar-refractivity contribution >= 4 is 0 Å². The molecule has 1 fully saturated rings. The normalized spacial score (nSPS) is 34.6. The van der Waals surface area contributed by atoms with E-state index in [0.29, 0.717) is 13.1 Å². The molecular formula is C7H13NO2. The third-order valence-electron chi connectivity index (χ3n) is 1.72. The monoisotopic (exact) mass is 143 g/mol. The van der Waals surface area contributed by atoms with Crippen LogP contribution in [0.2, 0.25) is 0 Å². The van der Waals surface area contributed by atoms with Gasteiger partial charge in [-0.1, -0.05) is 6.08 Å². The van der Waals surface area contributed by atoms with Crippen LogP contribution >= 0.6 is 0 Å². The van der Waals surface area contributed by atoms with Gasteiger partial charge in [0, 0.05) is 19.6 Å². The van der Waals surface area contributed by atoms with Crippen LogP contribution in [0.25, 0.3) is 0 Å². The number of likely N-dealkylation sites (tertiary alicyclic amines) is 1. The molecule has 3 heteroatoms. The van der Waals surface area contributed by atoms with Crippen LogP contribution < -0.4 is 0 Å². The van der Waals surface area contributed by atoms with Crippen LogP contribution in [-0.2, 0) is 0 Å². The second-order valence-electron chi connectivity index (χ2n) is 2.64. The Morgan fingerprint density at radius 2 is 1.90 bits per heavy atom. The Kier molecular flexibility index (Phi) is 2.43. The van der Waals surface area contributed by atoms with Crippen molar-refractivity contribution in [2.24, 2.45) is 0 Å². The van der Waals surface area contributed by atoms with Gasteiger partial charge in [0.2, 0.25) is 0 Å². The predicted molar refractivity (Wildman–Crippen MR) is 38.7 cm³/mol. The van der Waals surface area contributed by atoms with Crippen LogP contribution in [0.1, 0.15) is 0 Å². The van der Waals surface area contributed by atoms with E-state index in [1.807, 2.05) is 4.90 Å². The molecule has 1 aliphatic rings. The molecule has 0 radical (unpaired) electrons. The molecule has 0 amide bonds. The maximum Gasteiger partial charge on any atom is 0.0938 e. The Hall–Kier alpha value is -0.380. The van der Waals surface area contributed by atoms with Crippen LogP contribution in [0, 0.1) is 0 Å². The molecule has 0 bridgehead atoms. The Balaban J connectivity index is 2.33. The first-order valence-corrected chi connectivity index (χ1v) is 3.43. The van der Waals surface area contributed by atoms with E-state index in [1.54, 1.807) is 6.08 Å². The molecule has 0 unspecified atom stereocenters. The van der Waals surface area contributed by atoms with E-state index < -0.39 is 12.2 Å². The van der Waals surface area contributed by atoms with Crippen molar-refractivity contribution in [3.05, 3.63) is 12.7 Å².